The number of aliphatic hydroxyl groups is 1. The van der Waals surface area contributed by atoms with Gasteiger partial charge in [0.2, 0.25) is 0 Å². The van der Waals surface area contributed by atoms with Gasteiger partial charge >= 0.3 is 6.18 Å². The fraction of sp³-hybridized carbons (Fsp3) is 0.133. The molecule has 0 aliphatic rings. The summed E-state index contributed by atoms with van der Waals surface area (Å²) in [5, 5.41) is 18.1. The SMILES string of the molecule is N#Cc1c(CO)cc(-c2ccccc2)cc1C(F)(F)F. The van der Waals surface area contributed by atoms with Crippen LogP contribution in [-0.2, 0) is 12.8 Å². The zero-order valence-electron chi connectivity index (χ0n) is 10.3. The van der Waals surface area contributed by atoms with Gasteiger partial charge in [0.1, 0.15) is 6.07 Å². The molecule has 1 N–H and O–H groups in total. The van der Waals surface area contributed by atoms with Crippen LogP contribution in [0.15, 0.2) is 42.5 Å². The van der Waals surface area contributed by atoms with Crippen LogP contribution in [0.2, 0.25) is 0 Å². The number of nitriles is 1. The molecule has 2 aromatic carbocycles. The topological polar surface area (TPSA) is 44.0 Å². The molecule has 0 saturated carbocycles. The van der Waals surface area contributed by atoms with Crippen molar-refractivity contribution in [3.63, 3.8) is 0 Å². The molecular formula is C15H10F3NO. The molecule has 0 atom stereocenters. The summed E-state index contributed by atoms with van der Waals surface area (Å²) in [7, 11) is 0. The molecule has 2 aromatic rings. The van der Waals surface area contributed by atoms with Gasteiger partial charge in [-0.15, -0.1) is 0 Å². The normalized spacial score (nSPS) is 11.2. The van der Waals surface area contributed by atoms with E-state index >= 15 is 0 Å². The molecule has 0 aliphatic carbocycles. The summed E-state index contributed by atoms with van der Waals surface area (Å²) >= 11 is 0. The van der Waals surface area contributed by atoms with Crippen LogP contribution >= 0.6 is 0 Å². The molecular weight excluding hydrogens is 267 g/mol. The Hall–Kier alpha value is -2.32. The van der Waals surface area contributed by atoms with Gasteiger partial charge < -0.3 is 5.11 Å². The number of hydrogen-bond donors (Lipinski definition) is 1. The van der Waals surface area contributed by atoms with Crippen LogP contribution in [0.5, 0.6) is 0 Å². The molecule has 0 aliphatic heterocycles. The number of nitrogens with zero attached hydrogens (tertiary/aromatic N) is 1. The van der Waals surface area contributed by atoms with Crippen LogP contribution in [0.4, 0.5) is 13.2 Å². The molecule has 2 nitrogen and oxygen atoms in total. The molecule has 0 radical (unpaired) electrons. The van der Waals surface area contributed by atoms with E-state index in [0.29, 0.717) is 11.1 Å². The van der Waals surface area contributed by atoms with Crippen LogP contribution in [0.25, 0.3) is 11.1 Å². The van der Waals surface area contributed by atoms with Crippen molar-refractivity contribution < 1.29 is 18.3 Å². The third-order valence-corrected chi connectivity index (χ3v) is 2.91. The van der Waals surface area contributed by atoms with E-state index in [0.717, 1.165) is 6.07 Å². The fourth-order valence-electron chi connectivity index (χ4n) is 1.98. The molecule has 0 saturated heterocycles. The number of benzene rings is 2. The lowest BCUT2D eigenvalue weighted by atomic mass is 9.95. The average Bonchev–Trinajstić information content (AvgIpc) is 2.45. The Morgan fingerprint density at radius 3 is 2.20 bits per heavy atom. The third-order valence-electron chi connectivity index (χ3n) is 2.91. The number of aliphatic hydroxyl groups excluding tert-OH is 1. The Kier molecular flexibility index (Phi) is 3.77. The van der Waals surface area contributed by atoms with Crippen LogP contribution in [-0.4, -0.2) is 5.11 Å². The van der Waals surface area contributed by atoms with Crippen LogP contribution in [0, 0.1) is 11.3 Å². The van der Waals surface area contributed by atoms with Crippen molar-refractivity contribution in [2.75, 3.05) is 0 Å². The fourth-order valence-corrected chi connectivity index (χ4v) is 1.98. The summed E-state index contributed by atoms with van der Waals surface area (Å²) in [6, 6.07) is 12.4. The Labute approximate surface area is 113 Å². The molecule has 0 unspecified atom stereocenters. The van der Waals surface area contributed by atoms with Crippen LogP contribution in [0.1, 0.15) is 16.7 Å². The van der Waals surface area contributed by atoms with E-state index in [9.17, 15) is 18.3 Å². The predicted molar refractivity (Wildman–Crippen MR) is 67.5 cm³/mol. The summed E-state index contributed by atoms with van der Waals surface area (Å²) in [5.74, 6) is 0. The van der Waals surface area contributed by atoms with Gasteiger partial charge in [0.05, 0.1) is 17.7 Å². The van der Waals surface area contributed by atoms with Gasteiger partial charge in [-0.3, -0.25) is 0 Å². The van der Waals surface area contributed by atoms with Crippen molar-refractivity contribution in [2.45, 2.75) is 12.8 Å². The van der Waals surface area contributed by atoms with E-state index in [2.05, 4.69) is 0 Å². The quantitative estimate of drug-likeness (QED) is 0.908. The van der Waals surface area contributed by atoms with Gasteiger partial charge in [0.25, 0.3) is 0 Å². The van der Waals surface area contributed by atoms with Gasteiger partial charge in [-0.1, -0.05) is 30.3 Å². The first kappa shape index (κ1) is 14.1. The van der Waals surface area contributed by atoms with E-state index in [4.69, 9.17) is 5.26 Å². The van der Waals surface area contributed by atoms with Crippen molar-refractivity contribution in [1.29, 1.82) is 5.26 Å². The Bertz CT molecular complexity index is 657. The molecule has 102 valence electrons. The van der Waals surface area contributed by atoms with Crippen LogP contribution < -0.4 is 0 Å². The van der Waals surface area contributed by atoms with Crippen molar-refractivity contribution in [1.82, 2.24) is 0 Å². The zero-order chi connectivity index (χ0) is 14.8. The lowest BCUT2D eigenvalue weighted by Gasteiger charge is -2.14. The highest BCUT2D eigenvalue weighted by atomic mass is 19.4. The molecule has 0 bridgehead atoms. The second kappa shape index (κ2) is 5.35. The van der Waals surface area contributed by atoms with Crippen LogP contribution in [0.3, 0.4) is 0 Å². The summed E-state index contributed by atoms with van der Waals surface area (Å²) in [6.45, 7) is -0.618. The molecule has 0 fully saturated rings. The third kappa shape index (κ3) is 2.65. The average molecular weight is 277 g/mol. The summed E-state index contributed by atoms with van der Waals surface area (Å²) in [5.41, 5.74) is -0.663. The molecule has 5 heteroatoms. The molecule has 0 amide bonds. The number of rotatable bonds is 2. The van der Waals surface area contributed by atoms with E-state index < -0.39 is 23.9 Å². The Morgan fingerprint density at radius 2 is 1.70 bits per heavy atom. The number of alkyl halides is 3. The Morgan fingerprint density at radius 1 is 1.05 bits per heavy atom. The molecule has 0 heterocycles. The van der Waals surface area contributed by atoms with E-state index in [1.165, 1.54) is 12.1 Å². The van der Waals surface area contributed by atoms with E-state index in [1.54, 1.807) is 30.3 Å². The minimum absolute atomic E-state index is 0.0267. The smallest absolute Gasteiger partial charge is 0.392 e. The van der Waals surface area contributed by atoms with Crippen molar-refractivity contribution in [3.05, 3.63) is 59.2 Å². The largest absolute Gasteiger partial charge is 0.417 e. The van der Waals surface area contributed by atoms with Crippen molar-refractivity contribution >= 4 is 0 Å². The molecule has 2 rings (SSSR count). The summed E-state index contributed by atoms with van der Waals surface area (Å²) in [6.07, 6.45) is -4.64. The first-order valence-corrected chi connectivity index (χ1v) is 5.78. The zero-order valence-corrected chi connectivity index (χ0v) is 10.3. The second-order valence-corrected chi connectivity index (χ2v) is 4.19. The molecule has 20 heavy (non-hydrogen) atoms. The maximum atomic E-state index is 13.0. The number of hydrogen-bond acceptors (Lipinski definition) is 2. The van der Waals surface area contributed by atoms with Gasteiger partial charge in [-0.25, -0.2) is 0 Å². The lowest BCUT2D eigenvalue weighted by Crippen LogP contribution is -2.10. The van der Waals surface area contributed by atoms with Gasteiger partial charge in [0.15, 0.2) is 0 Å². The highest BCUT2D eigenvalue weighted by Gasteiger charge is 2.35. The first-order valence-electron chi connectivity index (χ1n) is 5.78. The predicted octanol–water partition coefficient (Wildman–Crippen LogP) is 3.74. The van der Waals surface area contributed by atoms with Gasteiger partial charge in [0, 0.05) is 0 Å². The maximum absolute atomic E-state index is 13.0. The number of halogens is 3. The Balaban J connectivity index is 2.72. The van der Waals surface area contributed by atoms with E-state index in [-0.39, 0.29) is 5.56 Å². The van der Waals surface area contributed by atoms with Crippen molar-refractivity contribution in [3.8, 4) is 17.2 Å². The lowest BCUT2D eigenvalue weighted by molar-refractivity contribution is -0.137. The molecule has 0 spiro atoms. The first-order chi connectivity index (χ1) is 9.47. The van der Waals surface area contributed by atoms with Gasteiger partial charge in [-0.2, -0.15) is 18.4 Å². The molecule has 0 aromatic heterocycles. The van der Waals surface area contributed by atoms with Crippen molar-refractivity contribution in [2.24, 2.45) is 0 Å². The van der Waals surface area contributed by atoms with Gasteiger partial charge in [-0.05, 0) is 28.8 Å². The highest BCUT2D eigenvalue weighted by Crippen LogP contribution is 2.36. The standard InChI is InChI=1S/C15H10F3NO/c16-15(17,18)14-7-11(10-4-2-1-3-5-10)6-12(9-20)13(14)8-19/h1-7,20H,9H2. The monoisotopic (exact) mass is 277 g/mol. The minimum Gasteiger partial charge on any atom is -0.392 e. The minimum atomic E-state index is -4.64. The summed E-state index contributed by atoms with van der Waals surface area (Å²) in [4.78, 5) is 0. The van der Waals surface area contributed by atoms with E-state index in [1.807, 2.05) is 0 Å². The maximum Gasteiger partial charge on any atom is 0.417 e. The summed E-state index contributed by atoms with van der Waals surface area (Å²) < 4.78 is 39.0. The highest BCUT2D eigenvalue weighted by molar-refractivity contribution is 5.68. The second-order valence-electron chi connectivity index (χ2n) is 4.19.